The van der Waals surface area contributed by atoms with E-state index in [1.807, 2.05) is 41.1 Å². The molecule has 0 spiro atoms. The van der Waals surface area contributed by atoms with E-state index >= 15 is 0 Å². The first-order valence-corrected chi connectivity index (χ1v) is 9.02. The van der Waals surface area contributed by atoms with Crippen molar-refractivity contribution < 1.29 is 4.92 Å². The molecule has 0 bridgehead atoms. The summed E-state index contributed by atoms with van der Waals surface area (Å²) in [7, 11) is 0. The van der Waals surface area contributed by atoms with Crippen LogP contribution >= 0.6 is 0 Å². The zero-order valence-electron chi connectivity index (χ0n) is 15.4. The molecule has 0 saturated heterocycles. The third-order valence-corrected chi connectivity index (χ3v) is 4.35. The van der Waals surface area contributed by atoms with Gasteiger partial charge in [-0.25, -0.2) is 15.0 Å². The summed E-state index contributed by atoms with van der Waals surface area (Å²) in [6.45, 7) is 1.27. The summed E-state index contributed by atoms with van der Waals surface area (Å²) >= 11 is 0. The van der Waals surface area contributed by atoms with E-state index in [1.54, 1.807) is 18.7 Å². The second kappa shape index (κ2) is 8.30. The molecule has 4 aromatic rings. The van der Waals surface area contributed by atoms with Crippen LogP contribution in [0.25, 0.3) is 10.9 Å². The Morgan fingerprint density at radius 1 is 1.07 bits per heavy atom. The van der Waals surface area contributed by atoms with Gasteiger partial charge in [0.15, 0.2) is 0 Å². The molecule has 0 saturated carbocycles. The van der Waals surface area contributed by atoms with Gasteiger partial charge >= 0.3 is 5.69 Å². The second-order valence-corrected chi connectivity index (χ2v) is 6.26. The molecule has 3 heterocycles. The van der Waals surface area contributed by atoms with E-state index in [-0.39, 0.29) is 17.3 Å². The number of imidazole rings is 1. The van der Waals surface area contributed by atoms with Gasteiger partial charge in [0, 0.05) is 42.8 Å². The highest BCUT2D eigenvalue weighted by Crippen LogP contribution is 2.33. The zero-order chi connectivity index (χ0) is 20.1. The summed E-state index contributed by atoms with van der Waals surface area (Å²) in [4.78, 5) is 27.7. The van der Waals surface area contributed by atoms with Gasteiger partial charge < -0.3 is 15.2 Å². The van der Waals surface area contributed by atoms with Gasteiger partial charge in [-0.15, -0.1) is 0 Å². The minimum Gasteiger partial charge on any atom is -0.364 e. The summed E-state index contributed by atoms with van der Waals surface area (Å²) in [5, 5.41) is 18.7. The minimum atomic E-state index is -0.482. The number of hydrogen-bond acceptors (Lipinski definition) is 8. The Bertz CT molecular complexity index is 1120. The normalized spacial score (nSPS) is 10.8. The lowest BCUT2D eigenvalue weighted by Gasteiger charge is -2.11. The van der Waals surface area contributed by atoms with E-state index in [0.717, 1.165) is 23.9 Å². The highest BCUT2D eigenvalue weighted by atomic mass is 16.6. The molecule has 146 valence electrons. The van der Waals surface area contributed by atoms with Crippen LogP contribution in [0.1, 0.15) is 6.42 Å². The van der Waals surface area contributed by atoms with Crippen LogP contribution in [0.2, 0.25) is 0 Å². The topological polar surface area (TPSA) is 124 Å². The van der Waals surface area contributed by atoms with E-state index in [0.29, 0.717) is 12.2 Å². The van der Waals surface area contributed by atoms with Crippen LogP contribution < -0.4 is 10.6 Å². The Morgan fingerprint density at radius 2 is 1.97 bits per heavy atom. The summed E-state index contributed by atoms with van der Waals surface area (Å²) in [5.74, 6) is 0.301. The van der Waals surface area contributed by atoms with Crippen molar-refractivity contribution in [3.63, 3.8) is 0 Å². The van der Waals surface area contributed by atoms with Crippen LogP contribution in [0, 0.1) is 10.1 Å². The van der Waals surface area contributed by atoms with Crippen molar-refractivity contribution >= 4 is 33.9 Å². The lowest BCUT2D eigenvalue weighted by Crippen LogP contribution is -2.11. The molecular formula is C19H18N8O2. The number of pyridine rings is 1. The van der Waals surface area contributed by atoms with Gasteiger partial charge in [-0.05, 0) is 30.7 Å². The molecule has 0 aliphatic rings. The van der Waals surface area contributed by atoms with Gasteiger partial charge in [-0.3, -0.25) is 15.1 Å². The van der Waals surface area contributed by atoms with Gasteiger partial charge in [-0.1, -0.05) is 6.07 Å². The van der Waals surface area contributed by atoms with Gasteiger partial charge in [0.05, 0.1) is 16.8 Å². The van der Waals surface area contributed by atoms with Crippen molar-refractivity contribution in [1.29, 1.82) is 0 Å². The van der Waals surface area contributed by atoms with Gasteiger partial charge in [0.2, 0.25) is 11.6 Å². The third kappa shape index (κ3) is 4.10. The number of rotatable bonds is 8. The van der Waals surface area contributed by atoms with E-state index in [2.05, 4.69) is 30.6 Å². The predicted octanol–water partition coefficient (Wildman–Crippen LogP) is 3.38. The first-order chi connectivity index (χ1) is 14.2. The maximum atomic E-state index is 11.7. The summed E-state index contributed by atoms with van der Waals surface area (Å²) in [6.07, 6.45) is 9.07. The molecule has 0 radical (unpaired) electrons. The first kappa shape index (κ1) is 18.3. The number of benzene rings is 1. The molecular weight excluding hydrogens is 372 g/mol. The Kier molecular flexibility index (Phi) is 5.23. The molecule has 0 atom stereocenters. The number of nitro groups is 1. The molecule has 2 N–H and O–H groups in total. The molecule has 10 nitrogen and oxygen atoms in total. The first-order valence-electron chi connectivity index (χ1n) is 9.02. The number of aryl methyl sites for hydroxylation is 1. The molecule has 0 fully saturated rings. The number of aromatic nitrogens is 5. The lowest BCUT2D eigenvalue weighted by molar-refractivity contribution is -0.383. The smallest absolute Gasteiger partial charge is 0.353 e. The Morgan fingerprint density at radius 3 is 2.79 bits per heavy atom. The van der Waals surface area contributed by atoms with Crippen molar-refractivity contribution in [3.8, 4) is 0 Å². The molecule has 0 aliphatic heterocycles. The maximum absolute atomic E-state index is 11.7. The van der Waals surface area contributed by atoms with E-state index in [9.17, 15) is 10.1 Å². The molecule has 1 aromatic carbocycles. The number of fused-ring (bicyclic) bond motifs is 1. The number of anilines is 3. The Hall–Kier alpha value is -4.08. The fourth-order valence-electron chi connectivity index (χ4n) is 3.00. The van der Waals surface area contributed by atoms with Crippen molar-refractivity contribution in [3.05, 3.63) is 71.7 Å². The molecule has 3 aromatic heterocycles. The minimum absolute atomic E-state index is 0.124. The van der Waals surface area contributed by atoms with Crippen LogP contribution in [0.3, 0.4) is 0 Å². The average Bonchev–Trinajstić information content (AvgIpc) is 3.25. The monoisotopic (exact) mass is 390 g/mol. The number of hydrogen-bond donors (Lipinski definition) is 2. The number of nitrogens with zero attached hydrogens (tertiary/aromatic N) is 6. The van der Waals surface area contributed by atoms with E-state index < -0.39 is 4.92 Å². The largest absolute Gasteiger partial charge is 0.364 e. The Balaban J connectivity index is 1.55. The third-order valence-electron chi connectivity index (χ3n) is 4.35. The summed E-state index contributed by atoms with van der Waals surface area (Å²) in [5.41, 5.74) is 1.27. The average molecular weight is 390 g/mol. The van der Waals surface area contributed by atoms with Crippen molar-refractivity contribution in [2.45, 2.75) is 13.0 Å². The van der Waals surface area contributed by atoms with E-state index in [4.69, 9.17) is 0 Å². The summed E-state index contributed by atoms with van der Waals surface area (Å²) in [6, 6.07) is 9.25. The lowest BCUT2D eigenvalue weighted by atomic mass is 10.2. The molecule has 0 amide bonds. The van der Waals surface area contributed by atoms with Gasteiger partial charge in [0.25, 0.3) is 0 Å². The zero-order valence-corrected chi connectivity index (χ0v) is 15.4. The van der Waals surface area contributed by atoms with Crippen LogP contribution in [-0.2, 0) is 6.54 Å². The molecule has 0 aliphatic carbocycles. The van der Waals surface area contributed by atoms with Crippen molar-refractivity contribution in [2.24, 2.45) is 0 Å². The van der Waals surface area contributed by atoms with Gasteiger partial charge in [0.1, 0.15) is 6.33 Å². The maximum Gasteiger partial charge on any atom is 0.353 e. The van der Waals surface area contributed by atoms with E-state index in [1.165, 1.54) is 6.33 Å². The molecule has 0 unspecified atom stereocenters. The predicted molar refractivity (Wildman–Crippen MR) is 109 cm³/mol. The van der Waals surface area contributed by atoms with Crippen LogP contribution in [-0.4, -0.2) is 36.0 Å². The second-order valence-electron chi connectivity index (χ2n) is 6.26. The highest BCUT2D eigenvalue weighted by Gasteiger charge is 2.23. The fraction of sp³-hybridized carbons (Fsp3) is 0.158. The van der Waals surface area contributed by atoms with Gasteiger partial charge in [-0.2, -0.15) is 0 Å². The molecule has 29 heavy (non-hydrogen) atoms. The SMILES string of the molecule is O=[N+]([O-])c1c(NCCCn2ccnc2)ncnc1Nc1cccc2ncccc12. The Labute approximate surface area is 165 Å². The van der Waals surface area contributed by atoms with Crippen LogP contribution in [0.4, 0.5) is 23.0 Å². The number of nitrogens with one attached hydrogen (secondary N) is 2. The summed E-state index contributed by atoms with van der Waals surface area (Å²) < 4.78 is 1.94. The van der Waals surface area contributed by atoms with Crippen molar-refractivity contribution in [1.82, 2.24) is 24.5 Å². The standard InChI is InChI=1S/C19H18N8O2/c28-27(29)17-18(22-8-3-10-26-11-9-20-13-26)23-12-24-19(17)25-16-6-1-5-15-14(16)4-2-7-21-15/h1-2,4-7,9,11-13H,3,8,10H2,(H2,22,23,24,25). The fourth-order valence-corrected chi connectivity index (χ4v) is 3.00. The highest BCUT2D eigenvalue weighted by molar-refractivity contribution is 5.93. The van der Waals surface area contributed by atoms with Crippen LogP contribution in [0.5, 0.6) is 0 Å². The quantitative estimate of drug-likeness (QED) is 0.267. The molecule has 4 rings (SSSR count). The molecule has 10 heteroatoms. The van der Waals surface area contributed by atoms with Crippen LogP contribution in [0.15, 0.2) is 61.6 Å². The van der Waals surface area contributed by atoms with Crippen molar-refractivity contribution in [2.75, 3.05) is 17.2 Å².